The number of alkyl carbamates (subject to hydrolysis) is 1. The lowest BCUT2D eigenvalue weighted by molar-refractivity contribution is -0.145. The molecule has 4 amide bonds. The van der Waals surface area contributed by atoms with Crippen LogP contribution in [-0.2, 0) is 48.2 Å². The highest BCUT2D eigenvalue weighted by Gasteiger charge is 2.35. The number of carbonyl (C=O) groups is 5. The third-order valence-corrected chi connectivity index (χ3v) is 9.04. The van der Waals surface area contributed by atoms with Gasteiger partial charge in [0.15, 0.2) is 0 Å². The molecule has 1 heterocycles. The van der Waals surface area contributed by atoms with E-state index in [0.717, 1.165) is 16.0 Å². The maximum atomic E-state index is 14.2. The van der Waals surface area contributed by atoms with Gasteiger partial charge in [-0.15, -0.1) is 0 Å². The van der Waals surface area contributed by atoms with Gasteiger partial charge in [-0.3, -0.25) is 14.5 Å². The van der Waals surface area contributed by atoms with Crippen LogP contribution in [0.3, 0.4) is 0 Å². The van der Waals surface area contributed by atoms with Crippen molar-refractivity contribution in [3.8, 4) is 22.6 Å². The molecule has 306 valence electrons. The average Bonchev–Trinajstić information content (AvgIpc) is 3.20. The Hall–Kier alpha value is -6.57. The number of fused-ring (bicyclic) bond motifs is 5. The molecule has 0 unspecified atom stereocenters. The van der Waals surface area contributed by atoms with Crippen molar-refractivity contribution in [3.63, 3.8) is 0 Å². The predicted molar refractivity (Wildman–Crippen MR) is 215 cm³/mol. The van der Waals surface area contributed by atoms with Crippen molar-refractivity contribution < 1.29 is 47.7 Å². The van der Waals surface area contributed by atoms with Gasteiger partial charge in [0, 0.05) is 24.6 Å². The molecule has 1 aliphatic rings. The summed E-state index contributed by atoms with van der Waals surface area (Å²) < 4.78 is 28.7. The fourth-order valence-electron chi connectivity index (χ4n) is 6.13. The number of ether oxygens (including phenoxy) is 5. The highest BCUT2D eigenvalue weighted by molar-refractivity contribution is 5.94. The number of hydrogen-bond donors (Lipinski definition) is 3. The summed E-state index contributed by atoms with van der Waals surface area (Å²) in [5.74, 6) is -1.20. The molecule has 0 aromatic heterocycles. The van der Waals surface area contributed by atoms with Crippen LogP contribution in [0.5, 0.6) is 11.5 Å². The van der Waals surface area contributed by atoms with E-state index in [2.05, 4.69) is 16.0 Å². The van der Waals surface area contributed by atoms with Gasteiger partial charge in [-0.2, -0.15) is 0 Å². The van der Waals surface area contributed by atoms with Gasteiger partial charge in [-0.25, -0.2) is 14.4 Å². The molecule has 0 fully saturated rings. The van der Waals surface area contributed by atoms with Crippen molar-refractivity contribution in [2.24, 2.45) is 0 Å². The third-order valence-electron chi connectivity index (χ3n) is 9.04. The molecule has 14 nitrogen and oxygen atoms in total. The molecule has 58 heavy (non-hydrogen) atoms. The zero-order valence-corrected chi connectivity index (χ0v) is 33.5. The van der Waals surface area contributed by atoms with Crippen LogP contribution in [0.25, 0.3) is 11.1 Å². The van der Waals surface area contributed by atoms with Crippen LogP contribution in [0, 0.1) is 0 Å². The Morgan fingerprint density at radius 1 is 0.793 bits per heavy atom. The smallest absolute Gasteiger partial charge is 0.410 e. The van der Waals surface area contributed by atoms with Crippen molar-refractivity contribution in [2.75, 3.05) is 27.3 Å². The van der Waals surface area contributed by atoms with E-state index in [9.17, 15) is 24.0 Å². The lowest BCUT2D eigenvalue weighted by Crippen LogP contribution is -2.53. The molecular formula is C44H50N4O10. The SMILES string of the molecule is COC(=O)[C@@H]1Cc2ccc(OCc3ccccc3)c(c2)-c2cc(ccc2OCCNC(=O)OCc2ccccc2)[C@H](N(C)C(=O)OC(C)(C)C)C(=O)N[C@@H](C)C(=O)N1. The molecule has 5 rings (SSSR count). The summed E-state index contributed by atoms with van der Waals surface area (Å²) in [5.41, 5.74) is 2.90. The Balaban J connectivity index is 1.58. The van der Waals surface area contributed by atoms with Crippen LogP contribution in [-0.4, -0.2) is 79.9 Å². The molecule has 0 radical (unpaired) electrons. The molecule has 0 spiro atoms. The molecule has 3 N–H and O–H groups in total. The summed E-state index contributed by atoms with van der Waals surface area (Å²) in [4.78, 5) is 67.8. The average molecular weight is 795 g/mol. The highest BCUT2D eigenvalue weighted by Crippen LogP contribution is 2.40. The first kappa shape index (κ1) is 42.6. The van der Waals surface area contributed by atoms with Gasteiger partial charge in [0.05, 0.1) is 13.7 Å². The number of esters is 1. The Bertz CT molecular complexity index is 2070. The minimum absolute atomic E-state index is 0.0301. The first-order chi connectivity index (χ1) is 27.7. The second-order valence-corrected chi connectivity index (χ2v) is 14.7. The van der Waals surface area contributed by atoms with E-state index in [1.165, 1.54) is 21.1 Å². The van der Waals surface area contributed by atoms with Crippen molar-refractivity contribution in [1.29, 1.82) is 0 Å². The van der Waals surface area contributed by atoms with Crippen molar-refractivity contribution in [2.45, 2.75) is 71.1 Å². The van der Waals surface area contributed by atoms with E-state index >= 15 is 0 Å². The van der Waals surface area contributed by atoms with Crippen LogP contribution >= 0.6 is 0 Å². The second kappa shape index (κ2) is 19.5. The molecule has 4 bridgehead atoms. The molecule has 14 heteroatoms. The lowest BCUT2D eigenvalue weighted by Gasteiger charge is -2.31. The first-order valence-corrected chi connectivity index (χ1v) is 18.9. The van der Waals surface area contributed by atoms with Crippen molar-refractivity contribution >= 4 is 30.0 Å². The first-order valence-electron chi connectivity index (χ1n) is 18.9. The number of methoxy groups -OCH3 is 1. The second-order valence-electron chi connectivity index (χ2n) is 14.7. The zero-order chi connectivity index (χ0) is 41.8. The Morgan fingerprint density at radius 2 is 1.41 bits per heavy atom. The number of benzene rings is 4. The molecular weight excluding hydrogens is 745 g/mol. The molecule has 3 atom stereocenters. The normalized spacial score (nSPS) is 16.7. The van der Waals surface area contributed by atoms with E-state index in [4.69, 9.17) is 23.7 Å². The summed E-state index contributed by atoms with van der Waals surface area (Å²) in [5, 5.41) is 8.11. The van der Waals surface area contributed by atoms with Crippen LogP contribution in [0.4, 0.5) is 9.59 Å². The highest BCUT2D eigenvalue weighted by atomic mass is 16.6. The number of hydrogen-bond acceptors (Lipinski definition) is 10. The van der Waals surface area contributed by atoms with E-state index in [1.54, 1.807) is 51.1 Å². The molecule has 0 saturated carbocycles. The van der Waals surface area contributed by atoms with Gasteiger partial charge in [0.25, 0.3) is 0 Å². The van der Waals surface area contributed by atoms with Gasteiger partial charge >= 0.3 is 18.2 Å². The maximum absolute atomic E-state index is 14.2. The number of rotatable bonds is 11. The van der Waals surface area contributed by atoms with E-state index in [-0.39, 0.29) is 32.8 Å². The van der Waals surface area contributed by atoms with Crippen LogP contribution in [0.15, 0.2) is 97.1 Å². The van der Waals surface area contributed by atoms with Crippen LogP contribution < -0.4 is 25.4 Å². The topological polar surface area (TPSA) is 171 Å². The van der Waals surface area contributed by atoms with Crippen LogP contribution in [0.2, 0.25) is 0 Å². The fraction of sp³-hybridized carbons (Fsp3) is 0.341. The lowest BCUT2D eigenvalue weighted by atomic mass is 9.93. The Kier molecular flexibility index (Phi) is 14.3. The number of nitrogens with one attached hydrogen (secondary N) is 3. The number of carbonyl (C=O) groups excluding carboxylic acids is 5. The maximum Gasteiger partial charge on any atom is 0.410 e. The number of nitrogens with zero attached hydrogens (tertiary/aromatic N) is 1. The largest absolute Gasteiger partial charge is 0.491 e. The van der Waals surface area contributed by atoms with E-state index in [0.29, 0.717) is 33.8 Å². The van der Waals surface area contributed by atoms with Gasteiger partial charge in [-0.05, 0) is 74.2 Å². The fourth-order valence-corrected chi connectivity index (χ4v) is 6.13. The minimum atomic E-state index is -1.30. The van der Waals surface area contributed by atoms with Gasteiger partial charge in [0.2, 0.25) is 11.8 Å². The van der Waals surface area contributed by atoms with E-state index < -0.39 is 53.7 Å². The minimum Gasteiger partial charge on any atom is -0.491 e. The third kappa shape index (κ3) is 11.7. The number of likely N-dealkylation sites (N-methyl/N-ethyl adjacent to an activating group) is 1. The number of amides is 4. The Morgan fingerprint density at radius 3 is 2.07 bits per heavy atom. The molecule has 0 saturated heterocycles. The van der Waals surface area contributed by atoms with Crippen molar-refractivity contribution in [1.82, 2.24) is 20.9 Å². The molecule has 0 aliphatic carbocycles. The van der Waals surface area contributed by atoms with Gasteiger partial charge in [-0.1, -0.05) is 72.8 Å². The Labute approximate surface area is 338 Å². The van der Waals surface area contributed by atoms with Crippen molar-refractivity contribution in [3.05, 3.63) is 119 Å². The monoisotopic (exact) mass is 794 g/mol. The molecule has 1 aliphatic heterocycles. The standard InChI is InChI=1S/C44H50N4O10/c1-28-39(49)47-35(41(51)54-6)24-31-17-19-37(56-26-29-13-9-7-10-14-29)33(23-31)34-25-32(38(40(50)46-28)48(5)43(53)58-44(2,3)4)18-20-36(34)55-22-21-45-42(52)57-27-30-15-11-8-12-16-30/h7-20,23,25,28,35,38H,21-22,24,26-27H2,1-6H3,(H,45,52)(H,46,50)(H,47,49)/t28-,35-,38-/m0/s1. The zero-order valence-electron chi connectivity index (χ0n) is 33.5. The summed E-state index contributed by atoms with van der Waals surface area (Å²) in [6.07, 6.45) is -1.35. The van der Waals surface area contributed by atoms with Gasteiger partial charge in [0.1, 0.15) is 55.0 Å². The van der Waals surface area contributed by atoms with Gasteiger partial charge < -0.3 is 39.6 Å². The molecule has 4 aromatic carbocycles. The quantitative estimate of drug-likeness (QED) is 0.0949. The van der Waals surface area contributed by atoms with E-state index in [1.807, 2.05) is 66.7 Å². The summed E-state index contributed by atoms with van der Waals surface area (Å²) >= 11 is 0. The predicted octanol–water partition coefficient (Wildman–Crippen LogP) is 5.86. The summed E-state index contributed by atoms with van der Waals surface area (Å²) in [6, 6.07) is 25.7. The summed E-state index contributed by atoms with van der Waals surface area (Å²) in [6.45, 7) is 7.05. The summed E-state index contributed by atoms with van der Waals surface area (Å²) in [7, 11) is 2.65. The molecule has 4 aromatic rings. The van der Waals surface area contributed by atoms with Crippen LogP contribution in [0.1, 0.15) is 56.0 Å².